The van der Waals surface area contributed by atoms with E-state index in [2.05, 4.69) is 43.1 Å². The number of phenolic OH excluding ortho intramolecular Hbond substituents is 1. The van der Waals surface area contributed by atoms with E-state index in [1.807, 2.05) is 12.1 Å². The van der Waals surface area contributed by atoms with Crippen LogP contribution in [0.25, 0.3) is 0 Å². The number of nitrogens with zero attached hydrogens (tertiary/aromatic N) is 1. The summed E-state index contributed by atoms with van der Waals surface area (Å²) in [4.78, 5) is 2.17. The van der Waals surface area contributed by atoms with E-state index in [-0.39, 0.29) is 5.75 Å². The second-order valence-electron chi connectivity index (χ2n) is 4.88. The van der Waals surface area contributed by atoms with Gasteiger partial charge in [-0.1, -0.05) is 25.1 Å². The summed E-state index contributed by atoms with van der Waals surface area (Å²) in [5.74, 6) is 0.684. The maximum absolute atomic E-state index is 9.61. The highest BCUT2D eigenvalue weighted by Crippen LogP contribution is 2.27. The topological polar surface area (TPSA) is 32.7 Å². The Hall–Kier alpha value is -2.16. The molecule has 106 valence electrons. The minimum absolute atomic E-state index is 0.172. The first-order valence-electron chi connectivity index (χ1n) is 6.80. The van der Waals surface area contributed by atoms with Gasteiger partial charge in [-0.3, -0.25) is 0 Å². The molecule has 0 aliphatic carbocycles. The van der Waals surface area contributed by atoms with E-state index < -0.39 is 0 Å². The fourth-order valence-corrected chi connectivity index (χ4v) is 2.17. The summed E-state index contributed by atoms with van der Waals surface area (Å²) in [6.45, 7) is 2.92. The normalized spacial score (nSPS) is 10.3. The fourth-order valence-electron chi connectivity index (χ4n) is 2.17. The molecule has 0 aliphatic rings. The molecule has 0 radical (unpaired) electrons. The molecule has 0 amide bonds. The molecule has 3 heteroatoms. The van der Waals surface area contributed by atoms with Crippen LogP contribution in [0.2, 0.25) is 0 Å². The van der Waals surface area contributed by atoms with E-state index in [4.69, 9.17) is 4.74 Å². The van der Waals surface area contributed by atoms with Gasteiger partial charge >= 0.3 is 0 Å². The molecule has 0 saturated carbocycles. The van der Waals surface area contributed by atoms with Crippen molar-refractivity contribution in [3.05, 3.63) is 53.6 Å². The van der Waals surface area contributed by atoms with Crippen molar-refractivity contribution in [1.82, 2.24) is 0 Å². The molecule has 0 aliphatic heterocycles. The SMILES string of the molecule is CCc1ccc(N(C)Cc2ccc(O)c(OC)c2)cc1. The van der Waals surface area contributed by atoms with Crippen LogP contribution in [0.1, 0.15) is 18.1 Å². The van der Waals surface area contributed by atoms with Crippen molar-refractivity contribution >= 4 is 5.69 Å². The van der Waals surface area contributed by atoms with E-state index in [9.17, 15) is 5.11 Å². The Labute approximate surface area is 120 Å². The first kappa shape index (κ1) is 14.3. The lowest BCUT2D eigenvalue weighted by Crippen LogP contribution is -2.16. The first-order valence-corrected chi connectivity index (χ1v) is 6.80. The van der Waals surface area contributed by atoms with Crippen LogP contribution in [0.5, 0.6) is 11.5 Å². The standard InChI is InChI=1S/C17H21NO2/c1-4-13-5-8-15(9-6-13)18(2)12-14-7-10-16(19)17(11-14)20-3/h5-11,19H,4,12H2,1-3H3. The Bertz CT molecular complexity index is 564. The summed E-state index contributed by atoms with van der Waals surface area (Å²) in [6, 6.07) is 14.0. The molecule has 20 heavy (non-hydrogen) atoms. The number of aryl methyl sites for hydroxylation is 1. The van der Waals surface area contributed by atoms with Crippen LogP contribution in [0.4, 0.5) is 5.69 Å². The van der Waals surface area contributed by atoms with Gasteiger partial charge in [0.1, 0.15) is 0 Å². The lowest BCUT2D eigenvalue weighted by atomic mass is 10.1. The third-order valence-corrected chi connectivity index (χ3v) is 3.45. The number of phenols is 1. The molecule has 0 spiro atoms. The number of hydrogen-bond acceptors (Lipinski definition) is 3. The lowest BCUT2D eigenvalue weighted by molar-refractivity contribution is 0.373. The van der Waals surface area contributed by atoms with E-state index in [1.165, 1.54) is 11.3 Å². The van der Waals surface area contributed by atoms with Crippen molar-refractivity contribution in [3.8, 4) is 11.5 Å². The molecule has 2 aromatic rings. The van der Waals surface area contributed by atoms with Gasteiger partial charge in [0.05, 0.1) is 7.11 Å². The minimum atomic E-state index is 0.172. The zero-order chi connectivity index (χ0) is 14.5. The van der Waals surface area contributed by atoms with Crippen LogP contribution in [-0.4, -0.2) is 19.3 Å². The fraction of sp³-hybridized carbons (Fsp3) is 0.294. The molecule has 0 unspecified atom stereocenters. The maximum atomic E-state index is 9.61. The van der Waals surface area contributed by atoms with Crippen LogP contribution in [-0.2, 0) is 13.0 Å². The summed E-state index contributed by atoms with van der Waals surface area (Å²) < 4.78 is 5.13. The van der Waals surface area contributed by atoms with E-state index in [1.54, 1.807) is 13.2 Å². The van der Waals surface area contributed by atoms with Crippen LogP contribution in [0.3, 0.4) is 0 Å². The Morgan fingerprint density at radius 1 is 1.05 bits per heavy atom. The van der Waals surface area contributed by atoms with E-state index >= 15 is 0 Å². The average Bonchev–Trinajstić information content (AvgIpc) is 2.49. The Balaban J connectivity index is 2.12. The van der Waals surface area contributed by atoms with Crippen molar-refractivity contribution in [3.63, 3.8) is 0 Å². The van der Waals surface area contributed by atoms with Crippen molar-refractivity contribution in [2.75, 3.05) is 19.1 Å². The molecule has 0 saturated heterocycles. The molecular formula is C17H21NO2. The average molecular weight is 271 g/mol. The zero-order valence-corrected chi connectivity index (χ0v) is 12.3. The zero-order valence-electron chi connectivity index (χ0n) is 12.3. The summed E-state index contributed by atoms with van der Waals surface area (Å²) in [5, 5.41) is 9.61. The van der Waals surface area contributed by atoms with E-state index in [0.717, 1.165) is 18.5 Å². The van der Waals surface area contributed by atoms with Gasteiger partial charge in [0.15, 0.2) is 11.5 Å². The van der Waals surface area contributed by atoms with Crippen LogP contribution >= 0.6 is 0 Å². The number of ether oxygens (including phenoxy) is 1. The molecule has 2 rings (SSSR count). The Morgan fingerprint density at radius 2 is 1.70 bits per heavy atom. The van der Waals surface area contributed by atoms with Gasteiger partial charge in [-0.2, -0.15) is 0 Å². The van der Waals surface area contributed by atoms with Gasteiger partial charge in [0.2, 0.25) is 0 Å². The van der Waals surface area contributed by atoms with Crippen molar-refractivity contribution < 1.29 is 9.84 Å². The summed E-state index contributed by atoms with van der Waals surface area (Å²) in [5.41, 5.74) is 3.62. The van der Waals surface area contributed by atoms with Crippen LogP contribution < -0.4 is 9.64 Å². The molecule has 0 aromatic heterocycles. The molecule has 0 heterocycles. The predicted molar refractivity (Wildman–Crippen MR) is 82.6 cm³/mol. The minimum Gasteiger partial charge on any atom is -0.504 e. The summed E-state index contributed by atoms with van der Waals surface area (Å²) in [7, 11) is 3.62. The van der Waals surface area contributed by atoms with Crippen LogP contribution in [0.15, 0.2) is 42.5 Å². The van der Waals surface area contributed by atoms with E-state index in [0.29, 0.717) is 5.75 Å². The number of aromatic hydroxyl groups is 1. The highest BCUT2D eigenvalue weighted by Gasteiger charge is 2.06. The molecule has 3 nitrogen and oxygen atoms in total. The van der Waals surface area contributed by atoms with Crippen LogP contribution in [0, 0.1) is 0 Å². The highest BCUT2D eigenvalue weighted by molar-refractivity contribution is 5.49. The quantitative estimate of drug-likeness (QED) is 0.902. The monoisotopic (exact) mass is 271 g/mol. The molecule has 0 fully saturated rings. The number of rotatable bonds is 5. The Morgan fingerprint density at radius 3 is 2.30 bits per heavy atom. The van der Waals surface area contributed by atoms with Gasteiger partial charge in [-0.05, 0) is 41.8 Å². The second-order valence-corrected chi connectivity index (χ2v) is 4.88. The lowest BCUT2D eigenvalue weighted by Gasteiger charge is -2.20. The molecule has 2 aromatic carbocycles. The Kier molecular flexibility index (Phi) is 4.51. The van der Waals surface area contributed by atoms with Crippen molar-refractivity contribution in [1.29, 1.82) is 0 Å². The van der Waals surface area contributed by atoms with Gasteiger partial charge in [-0.25, -0.2) is 0 Å². The van der Waals surface area contributed by atoms with Gasteiger partial charge < -0.3 is 14.7 Å². The van der Waals surface area contributed by atoms with Crippen molar-refractivity contribution in [2.45, 2.75) is 19.9 Å². The predicted octanol–water partition coefficient (Wildman–Crippen LogP) is 3.60. The third kappa shape index (κ3) is 3.23. The molecule has 1 N–H and O–H groups in total. The largest absolute Gasteiger partial charge is 0.504 e. The maximum Gasteiger partial charge on any atom is 0.160 e. The number of hydrogen-bond donors (Lipinski definition) is 1. The molecule has 0 atom stereocenters. The smallest absolute Gasteiger partial charge is 0.160 e. The first-order chi connectivity index (χ1) is 9.63. The second kappa shape index (κ2) is 6.33. The number of methoxy groups -OCH3 is 1. The van der Waals surface area contributed by atoms with Gasteiger partial charge in [0, 0.05) is 19.3 Å². The van der Waals surface area contributed by atoms with Gasteiger partial charge in [0.25, 0.3) is 0 Å². The molecular weight excluding hydrogens is 250 g/mol. The summed E-state index contributed by atoms with van der Waals surface area (Å²) in [6.07, 6.45) is 1.05. The third-order valence-electron chi connectivity index (χ3n) is 3.45. The molecule has 0 bridgehead atoms. The summed E-state index contributed by atoms with van der Waals surface area (Å²) >= 11 is 0. The highest BCUT2D eigenvalue weighted by atomic mass is 16.5. The number of benzene rings is 2. The van der Waals surface area contributed by atoms with Gasteiger partial charge in [-0.15, -0.1) is 0 Å². The van der Waals surface area contributed by atoms with Crippen molar-refractivity contribution in [2.24, 2.45) is 0 Å². The number of anilines is 1.